The van der Waals surface area contributed by atoms with Gasteiger partial charge in [-0.15, -0.1) is 0 Å². The summed E-state index contributed by atoms with van der Waals surface area (Å²) >= 11 is 0. The second kappa shape index (κ2) is 3.92. The Kier molecular flexibility index (Phi) is 2.63. The Labute approximate surface area is 83.0 Å². The minimum atomic E-state index is -0.0191. The second-order valence-electron chi connectivity index (χ2n) is 3.68. The third-order valence-electron chi connectivity index (χ3n) is 2.37. The number of aliphatic hydroxyl groups is 1. The molecule has 0 saturated heterocycles. The van der Waals surface area contributed by atoms with Crippen LogP contribution in [-0.4, -0.2) is 21.7 Å². The Bertz CT molecular complexity index is 324. The summed E-state index contributed by atoms with van der Waals surface area (Å²) in [5.41, 5.74) is 1.54. The Morgan fingerprint density at radius 1 is 1.57 bits per heavy atom. The van der Waals surface area contributed by atoms with Crippen molar-refractivity contribution in [1.82, 2.24) is 9.97 Å². The Morgan fingerprint density at radius 3 is 2.93 bits per heavy atom. The van der Waals surface area contributed by atoms with Crippen LogP contribution >= 0.6 is 0 Å². The molecule has 1 aliphatic carbocycles. The number of hydrogen-bond acceptors (Lipinski definition) is 4. The highest BCUT2D eigenvalue weighted by atomic mass is 16.5. The normalized spacial score (nSPS) is 15.6. The highest BCUT2D eigenvalue weighted by Gasteiger charge is 2.22. The van der Waals surface area contributed by atoms with Crippen LogP contribution in [0.2, 0.25) is 0 Å². The summed E-state index contributed by atoms with van der Waals surface area (Å²) in [5, 5.41) is 8.92. The van der Waals surface area contributed by atoms with E-state index in [0.29, 0.717) is 11.9 Å². The maximum Gasteiger partial charge on any atom is 0.316 e. The number of aromatic nitrogens is 2. The minimum Gasteiger partial charge on any atom is -0.463 e. The first-order chi connectivity index (χ1) is 6.79. The van der Waals surface area contributed by atoms with Crippen molar-refractivity contribution in [2.75, 3.05) is 6.61 Å². The van der Waals surface area contributed by atoms with Crippen LogP contribution in [0.25, 0.3) is 0 Å². The van der Waals surface area contributed by atoms with Gasteiger partial charge in [-0.1, -0.05) is 0 Å². The van der Waals surface area contributed by atoms with E-state index >= 15 is 0 Å². The Balaban J connectivity index is 1.99. The largest absolute Gasteiger partial charge is 0.463 e. The molecule has 1 aliphatic rings. The molecule has 1 aromatic rings. The van der Waals surface area contributed by atoms with Crippen LogP contribution in [0.5, 0.6) is 6.01 Å². The molecule has 0 aromatic carbocycles. The van der Waals surface area contributed by atoms with E-state index in [1.165, 1.54) is 12.8 Å². The quantitative estimate of drug-likeness (QED) is 0.778. The lowest BCUT2D eigenvalue weighted by molar-refractivity contribution is 0.267. The van der Waals surface area contributed by atoms with Gasteiger partial charge in [0.05, 0.1) is 18.9 Å². The smallest absolute Gasteiger partial charge is 0.316 e. The average Bonchev–Trinajstić information content (AvgIpc) is 2.98. The Hall–Kier alpha value is -1.16. The van der Waals surface area contributed by atoms with Gasteiger partial charge >= 0.3 is 6.01 Å². The predicted molar refractivity (Wildman–Crippen MR) is 50.9 cm³/mol. The van der Waals surface area contributed by atoms with Gasteiger partial charge in [0.1, 0.15) is 0 Å². The summed E-state index contributed by atoms with van der Waals surface area (Å²) in [6, 6.07) is 0.423. The molecule has 1 N–H and O–H groups in total. The SMILES string of the molecule is Cc1nc(OCC2CC2)ncc1CO. The van der Waals surface area contributed by atoms with Gasteiger partial charge in [-0.2, -0.15) is 0 Å². The van der Waals surface area contributed by atoms with Gasteiger partial charge < -0.3 is 9.84 Å². The minimum absolute atomic E-state index is 0.0191. The standard InChI is InChI=1S/C10H14N2O2/c1-7-9(5-13)4-11-10(12-7)14-6-8-2-3-8/h4,8,13H,2-3,5-6H2,1H3. The van der Waals surface area contributed by atoms with Gasteiger partial charge in [0.15, 0.2) is 0 Å². The first-order valence-corrected chi connectivity index (χ1v) is 4.86. The molecule has 0 bridgehead atoms. The van der Waals surface area contributed by atoms with Gasteiger partial charge in [-0.05, 0) is 25.7 Å². The lowest BCUT2D eigenvalue weighted by Crippen LogP contribution is -2.04. The molecule has 0 amide bonds. The molecule has 1 aromatic heterocycles. The van der Waals surface area contributed by atoms with Crippen molar-refractivity contribution >= 4 is 0 Å². The second-order valence-corrected chi connectivity index (χ2v) is 3.68. The summed E-state index contributed by atoms with van der Waals surface area (Å²) in [4.78, 5) is 8.17. The van der Waals surface area contributed by atoms with E-state index in [0.717, 1.165) is 17.9 Å². The molecule has 1 fully saturated rings. The van der Waals surface area contributed by atoms with E-state index in [-0.39, 0.29) is 6.61 Å². The summed E-state index contributed by atoms with van der Waals surface area (Å²) in [7, 11) is 0. The first kappa shape index (κ1) is 9.40. The van der Waals surface area contributed by atoms with Crippen LogP contribution in [0.15, 0.2) is 6.20 Å². The molecule has 2 rings (SSSR count). The molecule has 76 valence electrons. The van der Waals surface area contributed by atoms with Gasteiger partial charge in [0, 0.05) is 11.8 Å². The molecule has 0 spiro atoms. The van der Waals surface area contributed by atoms with E-state index in [2.05, 4.69) is 9.97 Å². The summed E-state index contributed by atoms with van der Waals surface area (Å²) in [6.45, 7) is 2.55. The van der Waals surface area contributed by atoms with Crippen molar-refractivity contribution in [1.29, 1.82) is 0 Å². The zero-order valence-electron chi connectivity index (χ0n) is 8.23. The number of hydrogen-bond donors (Lipinski definition) is 1. The van der Waals surface area contributed by atoms with Gasteiger partial charge in [-0.25, -0.2) is 9.97 Å². The molecule has 1 heterocycles. The third-order valence-corrected chi connectivity index (χ3v) is 2.37. The molecule has 4 heteroatoms. The monoisotopic (exact) mass is 194 g/mol. The van der Waals surface area contributed by atoms with Gasteiger partial charge in [-0.3, -0.25) is 0 Å². The summed E-state index contributed by atoms with van der Waals surface area (Å²) < 4.78 is 5.41. The summed E-state index contributed by atoms with van der Waals surface area (Å²) in [5.74, 6) is 0.705. The highest BCUT2D eigenvalue weighted by Crippen LogP contribution is 2.28. The highest BCUT2D eigenvalue weighted by molar-refractivity contribution is 5.16. The van der Waals surface area contributed by atoms with Crippen LogP contribution in [0.3, 0.4) is 0 Å². The topological polar surface area (TPSA) is 55.2 Å². The fraction of sp³-hybridized carbons (Fsp3) is 0.600. The van der Waals surface area contributed by atoms with E-state index in [1.807, 2.05) is 6.92 Å². The van der Waals surface area contributed by atoms with Crippen molar-refractivity contribution < 1.29 is 9.84 Å². The van der Waals surface area contributed by atoms with Gasteiger partial charge in [0.25, 0.3) is 0 Å². The first-order valence-electron chi connectivity index (χ1n) is 4.86. The molecular weight excluding hydrogens is 180 g/mol. The van der Waals surface area contributed by atoms with Crippen molar-refractivity contribution in [2.45, 2.75) is 26.4 Å². The van der Waals surface area contributed by atoms with Crippen LogP contribution in [0.1, 0.15) is 24.1 Å². The van der Waals surface area contributed by atoms with E-state index in [9.17, 15) is 0 Å². The van der Waals surface area contributed by atoms with Crippen molar-refractivity contribution in [3.8, 4) is 6.01 Å². The van der Waals surface area contributed by atoms with Crippen LogP contribution in [-0.2, 0) is 6.61 Å². The van der Waals surface area contributed by atoms with E-state index in [1.54, 1.807) is 6.20 Å². The third kappa shape index (κ3) is 2.20. The zero-order valence-corrected chi connectivity index (χ0v) is 8.23. The molecule has 0 unspecified atom stereocenters. The number of ether oxygens (including phenoxy) is 1. The van der Waals surface area contributed by atoms with Crippen LogP contribution < -0.4 is 4.74 Å². The van der Waals surface area contributed by atoms with Gasteiger partial charge in [0.2, 0.25) is 0 Å². The molecule has 1 saturated carbocycles. The molecule has 4 nitrogen and oxygen atoms in total. The number of aryl methyl sites for hydroxylation is 1. The zero-order chi connectivity index (χ0) is 9.97. The maximum absolute atomic E-state index is 8.92. The van der Waals surface area contributed by atoms with Crippen molar-refractivity contribution in [3.05, 3.63) is 17.5 Å². The molecule has 14 heavy (non-hydrogen) atoms. The number of nitrogens with zero attached hydrogens (tertiary/aromatic N) is 2. The molecule has 0 radical (unpaired) electrons. The van der Waals surface area contributed by atoms with Crippen molar-refractivity contribution in [2.24, 2.45) is 5.92 Å². The summed E-state index contributed by atoms with van der Waals surface area (Å²) in [6.07, 6.45) is 4.13. The fourth-order valence-corrected chi connectivity index (χ4v) is 1.17. The predicted octanol–water partition coefficient (Wildman–Crippen LogP) is 1.07. The fourth-order valence-electron chi connectivity index (χ4n) is 1.17. The maximum atomic E-state index is 8.92. The number of aliphatic hydroxyl groups excluding tert-OH is 1. The molecule has 0 aliphatic heterocycles. The lowest BCUT2D eigenvalue weighted by Gasteiger charge is -2.05. The van der Waals surface area contributed by atoms with Crippen molar-refractivity contribution in [3.63, 3.8) is 0 Å². The van der Waals surface area contributed by atoms with Crippen LogP contribution in [0, 0.1) is 12.8 Å². The number of rotatable bonds is 4. The lowest BCUT2D eigenvalue weighted by atomic mass is 10.3. The average molecular weight is 194 g/mol. The van der Waals surface area contributed by atoms with E-state index in [4.69, 9.17) is 9.84 Å². The molecule has 0 atom stereocenters. The molecular formula is C10H14N2O2. The van der Waals surface area contributed by atoms with E-state index < -0.39 is 0 Å². The Morgan fingerprint density at radius 2 is 2.36 bits per heavy atom. The van der Waals surface area contributed by atoms with Crippen LogP contribution in [0.4, 0.5) is 0 Å².